The van der Waals surface area contributed by atoms with Gasteiger partial charge in [0.1, 0.15) is 11.4 Å². The third kappa shape index (κ3) is 4.05. The van der Waals surface area contributed by atoms with Gasteiger partial charge in [-0.2, -0.15) is 22.6 Å². The van der Waals surface area contributed by atoms with E-state index in [0.29, 0.717) is 9.87 Å². The zero-order valence-electron chi connectivity index (χ0n) is 10.7. The minimum absolute atomic E-state index is 0.303. The molecule has 1 aromatic carbocycles. The Morgan fingerprint density at radius 1 is 1.19 bits per heavy atom. The fraction of sp³-hybridized carbons (Fsp3) is 0.250. The van der Waals surface area contributed by atoms with Crippen LogP contribution in [-0.2, 0) is 16.6 Å². The lowest BCUT2D eigenvalue weighted by atomic mass is 10.2. The molecule has 0 unspecified atom stereocenters. The molecule has 0 saturated heterocycles. The number of benzene rings is 1. The number of nitrogens with one attached hydrogen (secondary N) is 1. The highest BCUT2D eigenvalue weighted by atomic mass is 32.2. The van der Waals surface area contributed by atoms with Crippen molar-refractivity contribution in [3.05, 3.63) is 48.3 Å². The summed E-state index contributed by atoms with van der Waals surface area (Å²) in [5.41, 5.74) is 0.466. The lowest BCUT2D eigenvalue weighted by Gasteiger charge is -2.22. The van der Waals surface area contributed by atoms with E-state index in [1.165, 1.54) is 0 Å². The number of sulfonamides is 1. The van der Waals surface area contributed by atoms with E-state index in [1.54, 1.807) is 30.3 Å². The lowest BCUT2D eigenvalue weighted by molar-refractivity contribution is -0.136. The maximum atomic E-state index is 12.7. The summed E-state index contributed by atoms with van der Waals surface area (Å²) >= 11 is 0. The van der Waals surface area contributed by atoms with Crippen LogP contribution in [-0.4, -0.2) is 35.6 Å². The van der Waals surface area contributed by atoms with Crippen molar-refractivity contribution in [2.24, 2.45) is 0 Å². The highest BCUT2D eigenvalue weighted by Gasteiger charge is 2.37. The Kier molecular flexibility index (Phi) is 4.33. The number of hydrogen-bond acceptors (Lipinski definition) is 3. The zero-order chi connectivity index (χ0) is 15.5. The predicted octanol–water partition coefficient (Wildman–Crippen LogP) is 2.16. The Labute approximate surface area is 119 Å². The monoisotopic (exact) mass is 319 g/mol. The van der Waals surface area contributed by atoms with Gasteiger partial charge >= 0.3 is 6.18 Å². The highest BCUT2D eigenvalue weighted by molar-refractivity contribution is 7.89. The van der Waals surface area contributed by atoms with Gasteiger partial charge in [0.15, 0.2) is 0 Å². The molecule has 2 rings (SSSR count). The normalized spacial score (nSPS) is 12.8. The summed E-state index contributed by atoms with van der Waals surface area (Å²) in [6, 6.07) is 8.09. The van der Waals surface area contributed by atoms with Crippen LogP contribution in [0.1, 0.15) is 5.56 Å². The molecule has 1 heterocycles. The first-order chi connectivity index (χ1) is 9.79. The van der Waals surface area contributed by atoms with Crippen molar-refractivity contribution in [1.82, 2.24) is 14.5 Å². The number of aromatic amines is 1. The third-order valence-electron chi connectivity index (χ3n) is 2.67. The quantitative estimate of drug-likeness (QED) is 0.918. The number of halogens is 3. The van der Waals surface area contributed by atoms with Crippen LogP contribution < -0.4 is 0 Å². The van der Waals surface area contributed by atoms with Crippen molar-refractivity contribution in [2.45, 2.75) is 17.6 Å². The van der Waals surface area contributed by atoms with Gasteiger partial charge in [0.05, 0.1) is 6.20 Å². The van der Waals surface area contributed by atoms with Gasteiger partial charge in [-0.3, -0.25) is 5.10 Å². The average molecular weight is 319 g/mol. The molecule has 0 bridgehead atoms. The number of nitrogens with zero attached hydrogens (tertiary/aromatic N) is 2. The fourth-order valence-corrected chi connectivity index (χ4v) is 3.06. The van der Waals surface area contributed by atoms with Crippen LogP contribution in [0.5, 0.6) is 0 Å². The molecule has 0 amide bonds. The van der Waals surface area contributed by atoms with E-state index in [0.717, 1.165) is 12.4 Å². The molecule has 5 nitrogen and oxygen atoms in total. The Balaban J connectivity index is 2.33. The van der Waals surface area contributed by atoms with Crippen LogP contribution in [0.15, 0.2) is 47.6 Å². The molecular weight excluding hydrogens is 307 g/mol. The fourth-order valence-electron chi connectivity index (χ4n) is 1.74. The molecule has 0 radical (unpaired) electrons. The molecular formula is C12H12F3N3O2S. The summed E-state index contributed by atoms with van der Waals surface area (Å²) in [6.07, 6.45) is -2.61. The molecule has 9 heteroatoms. The van der Waals surface area contributed by atoms with E-state index < -0.39 is 22.7 Å². The van der Waals surface area contributed by atoms with Gasteiger partial charge in [-0.1, -0.05) is 30.3 Å². The van der Waals surface area contributed by atoms with E-state index in [4.69, 9.17) is 0 Å². The van der Waals surface area contributed by atoms with E-state index in [-0.39, 0.29) is 11.4 Å². The largest absolute Gasteiger partial charge is 0.402 e. The molecule has 0 aliphatic carbocycles. The summed E-state index contributed by atoms with van der Waals surface area (Å²) in [6.45, 7) is -1.93. The standard InChI is InChI=1S/C12H12F3N3O2S/c13-12(14,15)9-18(8-10-4-2-1-3-5-10)21(19,20)11-6-16-17-7-11/h1-7H,8-9H2,(H,16,17). The van der Waals surface area contributed by atoms with Crippen molar-refractivity contribution in [2.75, 3.05) is 6.54 Å². The second-order valence-electron chi connectivity index (χ2n) is 4.31. The van der Waals surface area contributed by atoms with Crippen LogP contribution in [0.2, 0.25) is 0 Å². The van der Waals surface area contributed by atoms with Gasteiger partial charge in [-0.25, -0.2) is 8.42 Å². The first kappa shape index (κ1) is 15.5. The van der Waals surface area contributed by atoms with Crippen molar-refractivity contribution >= 4 is 10.0 Å². The van der Waals surface area contributed by atoms with Crippen molar-refractivity contribution in [3.63, 3.8) is 0 Å². The molecule has 1 aromatic heterocycles. The molecule has 0 saturated carbocycles. The number of hydrogen-bond donors (Lipinski definition) is 1. The predicted molar refractivity (Wildman–Crippen MR) is 68.7 cm³/mol. The van der Waals surface area contributed by atoms with Gasteiger partial charge in [0.2, 0.25) is 10.0 Å². The number of aromatic nitrogens is 2. The van der Waals surface area contributed by atoms with Gasteiger partial charge < -0.3 is 0 Å². The van der Waals surface area contributed by atoms with Crippen molar-refractivity contribution < 1.29 is 21.6 Å². The average Bonchev–Trinajstić information content (AvgIpc) is 2.92. The molecule has 1 N–H and O–H groups in total. The molecule has 0 aliphatic heterocycles. The third-order valence-corrected chi connectivity index (χ3v) is 4.43. The Hall–Kier alpha value is -1.87. The smallest absolute Gasteiger partial charge is 0.284 e. The zero-order valence-corrected chi connectivity index (χ0v) is 11.5. The van der Waals surface area contributed by atoms with Gasteiger partial charge in [-0.15, -0.1) is 0 Å². The second kappa shape index (κ2) is 5.86. The van der Waals surface area contributed by atoms with Crippen molar-refractivity contribution in [3.8, 4) is 0 Å². The minimum Gasteiger partial charge on any atom is -0.284 e. The maximum absolute atomic E-state index is 12.7. The van der Waals surface area contributed by atoms with Crippen LogP contribution in [0.4, 0.5) is 13.2 Å². The summed E-state index contributed by atoms with van der Waals surface area (Å²) < 4.78 is 62.8. The highest BCUT2D eigenvalue weighted by Crippen LogP contribution is 2.24. The van der Waals surface area contributed by atoms with Crippen LogP contribution in [0.25, 0.3) is 0 Å². The molecule has 2 aromatic rings. The number of rotatable bonds is 5. The van der Waals surface area contributed by atoms with Crippen LogP contribution >= 0.6 is 0 Å². The van der Waals surface area contributed by atoms with Crippen LogP contribution in [0, 0.1) is 0 Å². The van der Waals surface area contributed by atoms with E-state index in [1.807, 2.05) is 0 Å². The molecule has 21 heavy (non-hydrogen) atoms. The lowest BCUT2D eigenvalue weighted by Crippen LogP contribution is -2.38. The first-order valence-electron chi connectivity index (χ1n) is 5.89. The van der Waals surface area contributed by atoms with Crippen LogP contribution in [0.3, 0.4) is 0 Å². The molecule has 0 aliphatic rings. The molecule has 0 atom stereocenters. The van der Waals surface area contributed by atoms with Crippen molar-refractivity contribution in [1.29, 1.82) is 0 Å². The molecule has 114 valence electrons. The van der Waals surface area contributed by atoms with E-state index >= 15 is 0 Å². The van der Waals surface area contributed by atoms with Gasteiger partial charge in [0.25, 0.3) is 0 Å². The summed E-state index contributed by atoms with van der Waals surface area (Å²) in [5, 5.41) is 5.74. The topological polar surface area (TPSA) is 66.1 Å². The van der Waals surface area contributed by atoms with E-state index in [9.17, 15) is 21.6 Å². The maximum Gasteiger partial charge on any atom is 0.402 e. The van der Waals surface area contributed by atoms with E-state index in [2.05, 4.69) is 10.2 Å². The minimum atomic E-state index is -4.63. The summed E-state index contributed by atoms with van der Waals surface area (Å²) in [7, 11) is -4.27. The molecule has 0 spiro atoms. The second-order valence-corrected chi connectivity index (χ2v) is 6.25. The first-order valence-corrected chi connectivity index (χ1v) is 7.33. The molecule has 0 fully saturated rings. The Bertz CT molecular complexity index is 670. The van der Waals surface area contributed by atoms with Gasteiger partial charge in [-0.05, 0) is 5.56 Å². The Morgan fingerprint density at radius 3 is 2.38 bits per heavy atom. The number of H-pyrrole nitrogens is 1. The number of alkyl halides is 3. The van der Waals surface area contributed by atoms with Gasteiger partial charge in [0, 0.05) is 12.7 Å². The SMILES string of the molecule is O=S(=O)(c1cn[nH]c1)N(Cc1ccccc1)CC(F)(F)F. The summed E-state index contributed by atoms with van der Waals surface area (Å²) in [4.78, 5) is -0.303. The summed E-state index contributed by atoms with van der Waals surface area (Å²) in [5.74, 6) is 0. The Morgan fingerprint density at radius 2 is 1.86 bits per heavy atom.